The van der Waals surface area contributed by atoms with Crippen molar-refractivity contribution in [3.05, 3.63) is 60.8 Å². The fourth-order valence-corrected chi connectivity index (χ4v) is 9.79. The van der Waals surface area contributed by atoms with Crippen molar-refractivity contribution in [1.82, 2.24) is 0 Å². The van der Waals surface area contributed by atoms with Crippen LogP contribution in [0.4, 0.5) is 0 Å². The van der Waals surface area contributed by atoms with Crippen LogP contribution in [0, 0.1) is 0 Å². The largest absolute Gasteiger partial charge is 0.462 e. The molecular weight excluding hydrogens is 937 g/mol. The number of esters is 3. The summed E-state index contributed by atoms with van der Waals surface area (Å²) in [4.78, 5) is 38.3. The van der Waals surface area contributed by atoms with Crippen LogP contribution in [-0.2, 0) is 28.6 Å². The maximum atomic E-state index is 12.9. The minimum absolute atomic E-state index is 0.0798. The molecule has 0 aliphatic heterocycles. The topological polar surface area (TPSA) is 78.9 Å². The van der Waals surface area contributed by atoms with Crippen LogP contribution >= 0.6 is 0 Å². The molecule has 0 rings (SSSR count). The van der Waals surface area contributed by atoms with Crippen LogP contribution in [0.2, 0.25) is 0 Å². The fraction of sp³-hybridized carbons (Fsp3) is 0.814. The summed E-state index contributed by atoms with van der Waals surface area (Å²) in [5.41, 5.74) is 0. The molecule has 0 bridgehead atoms. The minimum Gasteiger partial charge on any atom is -0.462 e. The van der Waals surface area contributed by atoms with Gasteiger partial charge in [0.05, 0.1) is 0 Å². The highest BCUT2D eigenvalue weighted by Crippen LogP contribution is 2.18. The second-order valence-electron chi connectivity index (χ2n) is 22.4. The van der Waals surface area contributed by atoms with E-state index in [9.17, 15) is 14.4 Å². The Bertz CT molecular complexity index is 1360. The van der Waals surface area contributed by atoms with E-state index in [1.807, 2.05) is 0 Å². The van der Waals surface area contributed by atoms with Crippen molar-refractivity contribution < 1.29 is 28.6 Å². The predicted molar refractivity (Wildman–Crippen MR) is 330 cm³/mol. The molecule has 0 aliphatic carbocycles. The first-order valence-corrected chi connectivity index (χ1v) is 33.3. The Morgan fingerprint density at radius 1 is 0.276 bits per heavy atom. The molecule has 0 aromatic heterocycles. The van der Waals surface area contributed by atoms with Gasteiger partial charge in [0, 0.05) is 19.3 Å². The second-order valence-corrected chi connectivity index (χ2v) is 22.4. The SMILES string of the molecule is CC/C=C\C/C=C\C/C=C\CCCCCC(=O)OCC(COC(=O)CCCCCCCCCCCCCCCCC/C=C\C/C=C\CCCCCCC)OC(=O)CCCCCCCCCCCCCCCCCCCC. The van der Waals surface area contributed by atoms with E-state index in [-0.39, 0.29) is 31.1 Å². The summed E-state index contributed by atoms with van der Waals surface area (Å²) in [6, 6.07) is 0. The van der Waals surface area contributed by atoms with Gasteiger partial charge in [0.1, 0.15) is 13.2 Å². The molecule has 0 spiro atoms. The Morgan fingerprint density at radius 3 is 0.816 bits per heavy atom. The molecule has 0 N–H and O–H groups in total. The zero-order valence-electron chi connectivity index (χ0n) is 50.8. The lowest BCUT2D eigenvalue weighted by Gasteiger charge is -2.18. The van der Waals surface area contributed by atoms with Crippen molar-refractivity contribution in [2.75, 3.05) is 13.2 Å². The van der Waals surface area contributed by atoms with E-state index >= 15 is 0 Å². The summed E-state index contributed by atoms with van der Waals surface area (Å²) in [5, 5.41) is 0. The second kappa shape index (κ2) is 64.6. The zero-order valence-corrected chi connectivity index (χ0v) is 50.8. The van der Waals surface area contributed by atoms with E-state index in [0.29, 0.717) is 19.3 Å². The predicted octanol–water partition coefficient (Wildman–Crippen LogP) is 22.7. The van der Waals surface area contributed by atoms with Crippen molar-refractivity contribution in [2.24, 2.45) is 0 Å². The fourth-order valence-electron chi connectivity index (χ4n) is 9.79. The van der Waals surface area contributed by atoms with Gasteiger partial charge >= 0.3 is 17.9 Å². The van der Waals surface area contributed by atoms with Gasteiger partial charge in [-0.3, -0.25) is 14.4 Å². The van der Waals surface area contributed by atoms with Gasteiger partial charge in [-0.2, -0.15) is 0 Å². The number of allylic oxidation sites excluding steroid dienone is 10. The highest BCUT2D eigenvalue weighted by molar-refractivity contribution is 5.71. The first-order valence-electron chi connectivity index (χ1n) is 33.3. The third kappa shape index (κ3) is 62.0. The van der Waals surface area contributed by atoms with Crippen LogP contribution in [0.5, 0.6) is 0 Å². The van der Waals surface area contributed by atoms with Crippen LogP contribution in [-0.4, -0.2) is 37.2 Å². The van der Waals surface area contributed by atoms with E-state index < -0.39 is 6.10 Å². The molecule has 0 aromatic carbocycles. The van der Waals surface area contributed by atoms with Crippen LogP contribution < -0.4 is 0 Å². The van der Waals surface area contributed by atoms with E-state index in [4.69, 9.17) is 14.2 Å². The molecule has 0 fully saturated rings. The highest BCUT2D eigenvalue weighted by atomic mass is 16.6. The normalized spacial score (nSPS) is 12.4. The van der Waals surface area contributed by atoms with E-state index in [1.54, 1.807) is 0 Å². The lowest BCUT2D eigenvalue weighted by molar-refractivity contribution is -0.167. The first kappa shape index (κ1) is 73.1. The maximum absolute atomic E-state index is 12.9. The molecule has 442 valence electrons. The molecule has 1 unspecified atom stereocenters. The molecule has 0 aliphatic rings. The Labute approximate surface area is 472 Å². The Balaban J connectivity index is 4.24. The summed E-state index contributed by atoms with van der Waals surface area (Å²) >= 11 is 0. The van der Waals surface area contributed by atoms with Crippen LogP contribution in [0.3, 0.4) is 0 Å². The van der Waals surface area contributed by atoms with Gasteiger partial charge < -0.3 is 14.2 Å². The van der Waals surface area contributed by atoms with Crippen molar-refractivity contribution in [1.29, 1.82) is 0 Å². The van der Waals surface area contributed by atoms with Crippen LogP contribution in [0.15, 0.2) is 60.8 Å². The molecule has 0 heterocycles. The standard InChI is InChI=1S/C70H126O6/c1-4-7-10-13-16-19-22-25-27-29-31-32-33-34-35-36-37-38-39-41-42-45-48-51-54-57-60-63-69(72)75-66-67(65-74-68(71)62-59-56-53-50-47-44-24-21-18-15-12-9-6-3)76-70(73)64-61-58-55-52-49-46-43-40-30-28-26-23-20-17-14-11-8-5-2/h9,12,18,21-22,25,29,31,44,47,67H,4-8,10-11,13-17,19-20,23-24,26-28,30,32-43,45-46,48-66H2,1-3H3/b12-9-,21-18-,25-22-,31-29-,47-44-. The molecular formula is C70H126O6. The van der Waals surface area contributed by atoms with E-state index in [0.717, 1.165) is 89.9 Å². The van der Waals surface area contributed by atoms with Crippen molar-refractivity contribution >= 4 is 17.9 Å². The lowest BCUT2D eigenvalue weighted by Crippen LogP contribution is -2.30. The van der Waals surface area contributed by atoms with Gasteiger partial charge in [-0.15, -0.1) is 0 Å². The van der Waals surface area contributed by atoms with Crippen molar-refractivity contribution in [3.63, 3.8) is 0 Å². The van der Waals surface area contributed by atoms with Gasteiger partial charge in [0.2, 0.25) is 0 Å². The van der Waals surface area contributed by atoms with Crippen LogP contribution in [0.25, 0.3) is 0 Å². The van der Waals surface area contributed by atoms with Crippen LogP contribution in [0.1, 0.15) is 348 Å². The number of hydrogen-bond acceptors (Lipinski definition) is 6. The molecule has 0 aromatic rings. The Morgan fingerprint density at radius 2 is 0.513 bits per heavy atom. The number of ether oxygens (including phenoxy) is 3. The third-order valence-electron chi connectivity index (χ3n) is 14.8. The molecule has 6 heteroatoms. The highest BCUT2D eigenvalue weighted by Gasteiger charge is 2.19. The first-order chi connectivity index (χ1) is 37.5. The molecule has 0 saturated carbocycles. The maximum Gasteiger partial charge on any atom is 0.306 e. The molecule has 0 saturated heterocycles. The van der Waals surface area contributed by atoms with Gasteiger partial charge in [0.25, 0.3) is 0 Å². The van der Waals surface area contributed by atoms with E-state index in [1.165, 1.54) is 218 Å². The number of rotatable bonds is 61. The van der Waals surface area contributed by atoms with Gasteiger partial charge in [0.15, 0.2) is 6.10 Å². The van der Waals surface area contributed by atoms with Gasteiger partial charge in [-0.25, -0.2) is 0 Å². The van der Waals surface area contributed by atoms with Gasteiger partial charge in [-0.05, 0) is 83.5 Å². The average molecular weight is 1060 g/mol. The Kier molecular flexibility index (Phi) is 62.2. The summed E-state index contributed by atoms with van der Waals surface area (Å²) in [5.74, 6) is -0.890. The number of unbranched alkanes of at least 4 members (excludes halogenated alkanes) is 40. The zero-order chi connectivity index (χ0) is 55.0. The van der Waals surface area contributed by atoms with Crippen molar-refractivity contribution in [2.45, 2.75) is 354 Å². The smallest absolute Gasteiger partial charge is 0.306 e. The Hall–Kier alpha value is -2.89. The minimum atomic E-state index is -0.784. The van der Waals surface area contributed by atoms with Crippen molar-refractivity contribution in [3.8, 4) is 0 Å². The molecule has 6 nitrogen and oxygen atoms in total. The number of hydrogen-bond donors (Lipinski definition) is 0. The lowest BCUT2D eigenvalue weighted by atomic mass is 10.0. The molecule has 1 atom stereocenters. The summed E-state index contributed by atoms with van der Waals surface area (Å²) in [6.45, 7) is 6.54. The third-order valence-corrected chi connectivity index (χ3v) is 14.8. The molecule has 76 heavy (non-hydrogen) atoms. The van der Waals surface area contributed by atoms with E-state index in [2.05, 4.69) is 81.5 Å². The number of carbonyl (C=O) groups is 3. The average Bonchev–Trinajstić information content (AvgIpc) is 3.42. The quantitative estimate of drug-likeness (QED) is 0.0261. The monoisotopic (exact) mass is 1060 g/mol. The van der Waals surface area contributed by atoms with Gasteiger partial charge in [-0.1, -0.05) is 306 Å². The number of carbonyl (C=O) groups excluding carboxylic acids is 3. The molecule has 0 radical (unpaired) electrons. The summed E-state index contributed by atoms with van der Waals surface area (Å²) in [7, 11) is 0. The summed E-state index contributed by atoms with van der Waals surface area (Å²) < 4.78 is 16.9. The molecule has 0 amide bonds. The summed E-state index contributed by atoms with van der Waals surface area (Å²) in [6.07, 6.45) is 82.5.